The van der Waals surface area contributed by atoms with Crippen LogP contribution in [0.25, 0.3) is 0 Å². The molecule has 1 aromatic rings. The first kappa shape index (κ1) is 22.2. The number of carbonyl (C=O) groups is 3. The van der Waals surface area contributed by atoms with Gasteiger partial charge < -0.3 is 15.8 Å². The fourth-order valence-corrected chi connectivity index (χ4v) is 2.93. The maximum absolute atomic E-state index is 13.3. The van der Waals surface area contributed by atoms with Gasteiger partial charge in [0.15, 0.2) is 0 Å². The number of amides is 2. The Balaban J connectivity index is 2.03. The van der Waals surface area contributed by atoms with Crippen molar-refractivity contribution in [2.75, 3.05) is 7.11 Å². The number of halogens is 2. The maximum atomic E-state index is 13.3. The van der Waals surface area contributed by atoms with E-state index in [9.17, 15) is 23.2 Å². The summed E-state index contributed by atoms with van der Waals surface area (Å²) in [5.74, 6) is -3.13. The van der Waals surface area contributed by atoms with Crippen molar-refractivity contribution < 1.29 is 27.9 Å². The zero-order valence-electron chi connectivity index (χ0n) is 16.2. The van der Waals surface area contributed by atoms with E-state index < -0.39 is 41.1 Å². The van der Waals surface area contributed by atoms with E-state index in [0.717, 1.165) is 12.1 Å². The van der Waals surface area contributed by atoms with E-state index in [1.807, 2.05) is 0 Å². The number of nitrogens with zero attached hydrogens (tertiary/aromatic N) is 1. The van der Waals surface area contributed by atoms with E-state index in [4.69, 9.17) is 5.73 Å². The smallest absolute Gasteiger partial charge is 0.305 e. The van der Waals surface area contributed by atoms with Crippen LogP contribution in [-0.4, -0.2) is 41.5 Å². The Bertz CT molecular complexity index is 836. The second-order valence-corrected chi connectivity index (χ2v) is 6.72. The Morgan fingerprint density at radius 1 is 1.21 bits per heavy atom. The predicted octanol–water partition coefficient (Wildman–Crippen LogP) is 1.53. The van der Waals surface area contributed by atoms with Crippen LogP contribution in [-0.2, 0) is 25.5 Å². The topological polar surface area (TPSA) is 102 Å². The van der Waals surface area contributed by atoms with Gasteiger partial charge in [-0.1, -0.05) is 6.08 Å². The fraction of sp³-hybridized carbons (Fsp3) is 0.350. The van der Waals surface area contributed by atoms with E-state index in [1.54, 1.807) is 18.2 Å². The van der Waals surface area contributed by atoms with Gasteiger partial charge in [-0.2, -0.15) is 0 Å². The standard InChI is InChI=1S/C20H23F2N3O4/c1-13(24-17(26)11-14-9-15(21)12-16(22)10-14)19(28)25-8-4-3-6-20(25,23)7-5-18(27)29-2/h3-4,6,8-10,12-13H,5,7,11,23H2,1-2H3,(H,24,26)/t13-,20?/m0/s1. The molecule has 9 heteroatoms. The van der Waals surface area contributed by atoms with Crippen LogP contribution in [0.2, 0.25) is 0 Å². The van der Waals surface area contributed by atoms with Crippen molar-refractivity contribution in [1.29, 1.82) is 0 Å². The molecule has 1 aromatic carbocycles. The molecule has 1 aliphatic heterocycles. The number of allylic oxidation sites excluding steroid dienone is 2. The minimum atomic E-state index is -1.26. The van der Waals surface area contributed by atoms with Gasteiger partial charge in [-0.3, -0.25) is 19.3 Å². The highest BCUT2D eigenvalue weighted by molar-refractivity contribution is 5.89. The molecule has 1 heterocycles. The third-order valence-corrected chi connectivity index (χ3v) is 4.41. The summed E-state index contributed by atoms with van der Waals surface area (Å²) in [5.41, 5.74) is 5.18. The number of hydrogen-bond acceptors (Lipinski definition) is 5. The van der Waals surface area contributed by atoms with Gasteiger partial charge in [0.05, 0.1) is 13.5 Å². The number of carbonyl (C=O) groups excluding carboxylic acids is 3. The summed E-state index contributed by atoms with van der Waals surface area (Å²) < 4.78 is 31.1. The highest BCUT2D eigenvalue weighted by Gasteiger charge is 2.36. The Morgan fingerprint density at radius 3 is 2.48 bits per heavy atom. The molecule has 0 saturated heterocycles. The summed E-state index contributed by atoms with van der Waals surface area (Å²) in [4.78, 5) is 37.7. The summed E-state index contributed by atoms with van der Waals surface area (Å²) in [5, 5.41) is 2.50. The van der Waals surface area contributed by atoms with E-state index in [2.05, 4.69) is 10.1 Å². The van der Waals surface area contributed by atoms with Crippen LogP contribution < -0.4 is 11.1 Å². The van der Waals surface area contributed by atoms with Crippen molar-refractivity contribution in [3.8, 4) is 0 Å². The van der Waals surface area contributed by atoms with Crippen molar-refractivity contribution >= 4 is 17.8 Å². The lowest BCUT2D eigenvalue weighted by Gasteiger charge is -2.39. The first-order valence-electron chi connectivity index (χ1n) is 8.94. The molecule has 0 radical (unpaired) electrons. The third kappa shape index (κ3) is 5.95. The number of rotatable bonds is 7. The third-order valence-electron chi connectivity index (χ3n) is 4.41. The van der Waals surface area contributed by atoms with E-state index in [1.165, 1.54) is 25.1 Å². The van der Waals surface area contributed by atoms with Crippen LogP contribution in [0.5, 0.6) is 0 Å². The number of nitrogens with two attached hydrogens (primary N) is 1. The average Bonchev–Trinajstić information content (AvgIpc) is 2.65. The number of esters is 1. The zero-order chi connectivity index (χ0) is 21.6. The molecule has 29 heavy (non-hydrogen) atoms. The molecule has 3 N–H and O–H groups in total. The molecule has 0 bridgehead atoms. The SMILES string of the molecule is COC(=O)CCC1(N)C=CC=CN1C(=O)[C@H](C)NC(=O)Cc1cc(F)cc(F)c1. The summed E-state index contributed by atoms with van der Waals surface area (Å²) in [6, 6.07) is 1.84. The largest absolute Gasteiger partial charge is 0.469 e. The molecule has 2 atom stereocenters. The van der Waals surface area contributed by atoms with Crippen LogP contribution >= 0.6 is 0 Å². The molecule has 2 rings (SSSR count). The number of hydrogen-bond donors (Lipinski definition) is 2. The molecule has 1 unspecified atom stereocenters. The molecule has 1 aliphatic rings. The van der Waals surface area contributed by atoms with Gasteiger partial charge in [-0.05, 0) is 43.2 Å². The Labute approximate surface area is 167 Å². The molecule has 0 spiro atoms. The Morgan fingerprint density at radius 2 is 1.86 bits per heavy atom. The first-order valence-corrected chi connectivity index (χ1v) is 8.94. The molecule has 7 nitrogen and oxygen atoms in total. The summed E-state index contributed by atoms with van der Waals surface area (Å²) >= 11 is 0. The highest BCUT2D eigenvalue weighted by Crippen LogP contribution is 2.23. The fourth-order valence-electron chi connectivity index (χ4n) is 2.93. The summed E-state index contributed by atoms with van der Waals surface area (Å²) in [6.07, 6.45) is 6.13. The minimum Gasteiger partial charge on any atom is -0.469 e. The molecule has 0 aromatic heterocycles. The number of ether oxygens (including phenoxy) is 1. The van der Waals surface area contributed by atoms with Crippen LogP contribution in [0.1, 0.15) is 25.3 Å². The Kier molecular flexibility index (Phi) is 7.22. The highest BCUT2D eigenvalue weighted by atomic mass is 19.1. The van der Waals surface area contributed by atoms with Crippen molar-refractivity contribution in [2.24, 2.45) is 5.73 Å². The number of methoxy groups -OCH3 is 1. The van der Waals surface area contributed by atoms with Crippen LogP contribution in [0.3, 0.4) is 0 Å². The van der Waals surface area contributed by atoms with Gasteiger partial charge in [0.1, 0.15) is 23.3 Å². The number of benzene rings is 1. The predicted molar refractivity (Wildman–Crippen MR) is 101 cm³/mol. The second kappa shape index (κ2) is 9.42. The van der Waals surface area contributed by atoms with Crippen molar-refractivity contribution in [2.45, 2.75) is 37.9 Å². The van der Waals surface area contributed by atoms with E-state index in [0.29, 0.717) is 6.07 Å². The van der Waals surface area contributed by atoms with Crippen LogP contribution in [0.4, 0.5) is 8.78 Å². The van der Waals surface area contributed by atoms with Crippen LogP contribution in [0.15, 0.2) is 42.6 Å². The molecule has 0 aliphatic carbocycles. The minimum absolute atomic E-state index is 0.000829. The zero-order valence-corrected chi connectivity index (χ0v) is 16.2. The van der Waals surface area contributed by atoms with Gasteiger partial charge >= 0.3 is 5.97 Å². The molecule has 0 saturated carbocycles. The molecule has 2 amide bonds. The molecule has 156 valence electrons. The van der Waals surface area contributed by atoms with Gasteiger partial charge in [0.25, 0.3) is 5.91 Å². The van der Waals surface area contributed by atoms with Gasteiger partial charge in [0.2, 0.25) is 5.91 Å². The van der Waals surface area contributed by atoms with E-state index in [-0.39, 0.29) is 24.8 Å². The van der Waals surface area contributed by atoms with Crippen molar-refractivity contribution in [3.05, 3.63) is 59.8 Å². The lowest BCUT2D eigenvalue weighted by Crippen LogP contribution is -2.59. The average molecular weight is 407 g/mol. The number of nitrogens with one attached hydrogen (secondary N) is 1. The normalized spacial score (nSPS) is 19.0. The molecular weight excluding hydrogens is 384 g/mol. The van der Waals surface area contributed by atoms with Crippen LogP contribution in [0, 0.1) is 11.6 Å². The van der Waals surface area contributed by atoms with Gasteiger partial charge in [-0.15, -0.1) is 0 Å². The van der Waals surface area contributed by atoms with Gasteiger partial charge in [0, 0.05) is 18.7 Å². The quantitative estimate of drug-likeness (QED) is 0.668. The van der Waals surface area contributed by atoms with Crippen molar-refractivity contribution in [3.63, 3.8) is 0 Å². The second-order valence-electron chi connectivity index (χ2n) is 6.72. The molecular formula is C20H23F2N3O4. The summed E-state index contributed by atoms with van der Waals surface area (Å²) in [6.45, 7) is 1.47. The Hall–Kier alpha value is -3.07. The van der Waals surface area contributed by atoms with Gasteiger partial charge in [-0.25, -0.2) is 8.78 Å². The monoisotopic (exact) mass is 407 g/mol. The summed E-state index contributed by atoms with van der Waals surface area (Å²) in [7, 11) is 1.26. The van der Waals surface area contributed by atoms with Crippen molar-refractivity contribution in [1.82, 2.24) is 10.2 Å². The first-order chi connectivity index (χ1) is 13.6. The lowest BCUT2D eigenvalue weighted by molar-refractivity contribution is -0.143. The molecule has 0 fully saturated rings. The maximum Gasteiger partial charge on any atom is 0.305 e. The van der Waals surface area contributed by atoms with E-state index >= 15 is 0 Å². The lowest BCUT2D eigenvalue weighted by atomic mass is 9.99.